The van der Waals surface area contributed by atoms with Crippen molar-refractivity contribution in [2.75, 3.05) is 5.73 Å². The van der Waals surface area contributed by atoms with Gasteiger partial charge in [-0.1, -0.05) is 32.0 Å². The molecule has 1 atom stereocenters. The third kappa shape index (κ3) is 3.31. The number of benzene rings is 1. The van der Waals surface area contributed by atoms with Gasteiger partial charge in [0.1, 0.15) is 0 Å². The SMILES string of the molecule is CCC(C)SCc1ccccc1N. The van der Waals surface area contributed by atoms with Crippen molar-refractivity contribution in [2.45, 2.75) is 31.3 Å². The number of hydrogen-bond donors (Lipinski definition) is 1. The van der Waals surface area contributed by atoms with E-state index in [2.05, 4.69) is 19.9 Å². The minimum atomic E-state index is 0.722. The van der Waals surface area contributed by atoms with E-state index in [1.807, 2.05) is 30.0 Å². The summed E-state index contributed by atoms with van der Waals surface area (Å²) in [6, 6.07) is 8.09. The monoisotopic (exact) mass is 195 g/mol. The predicted octanol–water partition coefficient (Wildman–Crippen LogP) is 3.30. The van der Waals surface area contributed by atoms with Crippen LogP contribution in [0.25, 0.3) is 0 Å². The third-order valence-electron chi connectivity index (χ3n) is 2.15. The second-order valence-electron chi connectivity index (χ2n) is 3.23. The van der Waals surface area contributed by atoms with Gasteiger partial charge in [-0.25, -0.2) is 0 Å². The molecule has 0 radical (unpaired) electrons. The number of nitrogens with two attached hydrogens (primary N) is 1. The van der Waals surface area contributed by atoms with Crippen molar-refractivity contribution >= 4 is 17.4 Å². The molecule has 1 nitrogen and oxygen atoms in total. The van der Waals surface area contributed by atoms with Gasteiger partial charge < -0.3 is 5.73 Å². The maximum atomic E-state index is 5.83. The lowest BCUT2D eigenvalue weighted by Gasteiger charge is -2.09. The topological polar surface area (TPSA) is 26.0 Å². The highest BCUT2D eigenvalue weighted by Gasteiger charge is 2.01. The van der Waals surface area contributed by atoms with E-state index in [4.69, 9.17) is 5.73 Å². The Balaban J connectivity index is 2.50. The fourth-order valence-electron chi connectivity index (χ4n) is 1.02. The lowest BCUT2D eigenvalue weighted by atomic mass is 10.2. The Labute approximate surface area is 84.7 Å². The largest absolute Gasteiger partial charge is 0.398 e. The maximum absolute atomic E-state index is 5.83. The number of hydrogen-bond acceptors (Lipinski definition) is 2. The van der Waals surface area contributed by atoms with Crippen LogP contribution in [0.2, 0.25) is 0 Å². The molecule has 0 aliphatic carbocycles. The number of anilines is 1. The average molecular weight is 195 g/mol. The van der Waals surface area contributed by atoms with E-state index in [-0.39, 0.29) is 0 Å². The molecule has 1 aromatic rings. The number of nitrogen functional groups attached to an aromatic ring is 1. The summed E-state index contributed by atoms with van der Waals surface area (Å²) in [6.45, 7) is 4.47. The Morgan fingerprint density at radius 1 is 1.38 bits per heavy atom. The summed E-state index contributed by atoms with van der Waals surface area (Å²) in [5.41, 5.74) is 8.01. The summed E-state index contributed by atoms with van der Waals surface area (Å²) >= 11 is 1.96. The van der Waals surface area contributed by atoms with Crippen LogP contribution in [-0.2, 0) is 5.75 Å². The Morgan fingerprint density at radius 3 is 2.69 bits per heavy atom. The van der Waals surface area contributed by atoms with Crippen molar-refractivity contribution in [2.24, 2.45) is 0 Å². The van der Waals surface area contributed by atoms with E-state index >= 15 is 0 Å². The quantitative estimate of drug-likeness (QED) is 0.746. The van der Waals surface area contributed by atoms with Crippen LogP contribution in [0.15, 0.2) is 24.3 Å². The molecular formula is C11H17NS. The molecule has 0 saturated heterocycles. The van der Waals surface area contributed by atoms with E-state index < -0.39 is 0 Å². The van der Waals surface area contributed by atoms with Crippen LogP contribution in [0.3, 0.4) is 0 Å². The predicted molar refractivity (Wildman–Crippen MR) is 61.9 cm³/mol. The van der Waals surface area contributed by atoms with Crippen LogP contribution < -0.4 is 5.73 Å². The fraction of sp³-hybridized carbons (Fsp3) is 0.455. The van der Waals surface area contributed by atoms with Crippen LogP contribution in [0, 0.1) is 0 Å². The Morgan fingerprint density at radius 2 is 2.08 bits per heavy atom. The van der Waals surface area contributed by atoms with Gasteiger partial charge in [-0.3, -0.25) is 0 Å². The van der Waals surface area contributed by atoms with Gasteiger partial charge in [-0.05, 0) is 18.1 Å². The summed E-state index contributed by atoms with van der Waals surface area (Å²) < 4.78 is 0. The first-order valence-corrected chi connectivity index (χ1v) is 5.74. The molecule has 2 N–H and O–H groups in total. The lowest BCUT2D eigenvalue weighted by molar-refractivity contribution is 0.905. The van der Waals surface area contributed by atoms with Crippen molar-refractivity contribution in [3.8, 4) is 0 Å². The van der Waals surface area contributed by atoms with Gasteiger partial charge >= 0.3 is 0 Å². The summed E-state index contributed by atoms with van der Waals surface area (Å²) in [5.74, 6) is 1.03. The molecule has 1 rings (SSSR count). The zero-order valence-corrected chi connectivity index (χ0v) is 9.10. The van der Waals surface area contributed by atoms with E-state index in [0.717, 1.165) is 16.7 Å². The normalized spacial score (nSPS) is 12.8. The Kier molecular flexibility index (Phi) is 4.16. The van der Waals surface area contributed by atoms with Crippen molar-refractivity contribution in [1.82, 2.24) is 0 Å². The molecular weight excluding hydrogens is 178 g/mol. The van der Waals surface area contributed by atoms with Crippen LogP contribution in [0.1, 0.15) is 25.8 Å². The van der Waals surface area contributed by atoms with E-state index in [1.54, 1.807) is 0 Å². The Bertz CT molecular complexity index is 260. The van der Waals surface area contributed by atoms with Crippen LogP contribution >= 0.6 is 11.8 Å². The zero-order valence-electron chi connectivity index (χ0n) is 8.29. The number of para-hydroxylation sites is 1. The molecule has 1 unspecified atom stereocenters. The molecule has 0 fully saturated rings. The highest BCUT2D eigenvalue weighted by atomic mass is 32.2. The van der Waals surface area contributed by atoms with Gasteiger partial charge in [0.15, 0.2) is 0 Å². The molecule has 2 heteroatoms. The van der Waals surface area contributed by atoms with Gasteiger partial charge in [-0.2, -0.15) is 11.8 Å². The summed E-state index contributed by atoms with van der Waals surface area (Å²) in [5, 5.41) is 0.722. The molecule has 0 bridgehead atoms. The minimum absolute atomic E-state index is 0.722. The molecule has 0 aromatic heterocycles. The molecule has 0 heterocycles. The van der Waals surface area contributed by atoms with Crippen molar-refractivity contribution in [3.05, 3.63) is 29.8 Å². The minimum Gasteiger partial charge on any atom is -0.398 e. The standard InChI is InChI=1S/C11H17NS/c1-3-9(2)13-8-10-6-4-5-7-11(10)12/h4-7,9H,3,8,12H2,1-2H3. The molecule has 0 aliphatic heterocycles. The molecule has 0 spiro atoms. The second kappa shape index (κ2) is 5.18. The number of rotatable bonds is 4. The maximum Gasteiger partial charge on any atom is 0.0355 e. The van der Waals surface area contributed by atoms with Gasteiger partial charge in [0.25, 0.3) is 0 Å². The summed E-state index contributed by atoms with van der Waals surface area (Å²) in [4.78, 5) is 0. The highest BCUT2D eigenvalue weighted by Crippen LogP contribution is 2.22. The van der Waals surface area contributed by atoms with Crippen molar-refractivity contribution < 1.29 is 0 Å². The molecule has 0 amide bonds. The lowest BCUT2D eigenvalue weighted by Crippen LogP contribution is -1.96. The Hall–Kier alpha value is -0.630. The first kappa shape index (κ1) is 10.5. The molecule has 0 aliphatic rings. The van der Waals surface area contributed by atoms with Crippen LogP contribution in [0.5, 0.6) is 0 Å². The van der Waals surface area contributed by atoms with E-state index in [9.17, 15) is 0 Å². The third-order valence-corrected chi connectivity index (χ3v) is 3.53. The van der Waals surface area contributed by atoms with Gasteiger partial charge in [0.2, 0.25) is 0 Å². The van der Waals surface area contributed by atoms with Crippen LogP contribution in [-0.4, -0.2) is 5.25 Å². The molecule has 13 heavy (non-hydrogen) atoms. The van der Waals surface area contributed by atoms with Crippen molar-refractivity contribution in [3.63, 3.8) is 0 Å². The molecule has 0 saturated carbocycles. The zero-order chi connectivity index (χ0) is 9.68. The first-order valence-electron chi connectivity index (χ1n) is 4.69. The highest BCUT2D eigenvalue weighted by molar-refractivity contribution is 7.99. The number of thioether (sulfide) groups is 1. The fourth-order valence-corrected chi connectivity index (χ4v) is 1.98. The van der Waals surface area contributed by atoms with Gasteiger partial charge in [0.05, 0.1) is 0 Å². The second-order valence-corrected chi connectivity index (χ2v) is 4.66. The summed E-state index contributed by atoms with van der Waals surface area (Å²) in [7, 11) is 0. The summed E-state index contributed by atoms with van der Waals surface area (Å²) in [6.07, 6.45) is 1.22. The van der Waals surface area contributed by atoms with Crippen molar-refractivity contribution in [1.29, 1.82) is 0 Å². The van der Waals surface area contributed by atoms with E-state index in [0.29, 0.717) is 0 Å². The van der Waals surface area contributed by atoms with E-state index in [1.165, 1.54) is 12.0 Å². The molecule has 1 aromatic carbocycles. The van der Waals surface area contributed by atoms with Gasteiger partial charge in [-0.15, -0.1) is 0 Å². The smallest absolute Gasteiger partial charge is 0.0355 e. The van der Waals surface area contributed by atoms with Crippen LogP contribution in [0.4, 0.5) is 5.69 Å². The first-order chi connectivity index (χ1) is 6.24. The molecule has 72 valence electrons. The average Bonchev–Trinajstić information content (AvgIpc) is 2.16. The van der Waals surface area contributed by atoms with Gasteiger partial charge in [0, 0.05) is 16.7 Å².